The number of carbonyl (C=O) groups excluding carboxylic acids is 2. The van der Waals surface area contributed by atoms with Gasteiger partial charge in [-0.2, -0.15) is 0 Å². The number of halogens is 2. The van der Waals surface area contributed by atoms with Crippen molar-refractivity contribution < 1.29 is 14.3 Å². The fourth-order valence-corrected chi connectivity index (χ4v) is 3.17. The van der Waals surface area contributed by atoms with E-state index in [1.54, 1.807) is 13.0 Å². The number of ether oxygens (including phenoxy) is 1. The third-order valence-corrected chi connectivity index (χ3v) is 5.73. The van der Waals surface area contributed by atoms with E-state index in [0.717, 1.165) is 15.6 Å². The molecule has 0 saturated heterocycles. The fraction of sp³-hybridized carbons (Fsp3) is 0.364. The maximum absolute atomic E-state index is 13.0. The van der Waals surface area contributed by atoms with Crippen molar-refractivity contribution in [3.8, 4) is 5.75 Å². The highest BCUT2D eigenvalue weighted by atomic mass is 127. The minimum atomic E-state index is -0.659. The molecular formula is C22H26ClIN2O3. The van der Waals surface area contributed by atoms with E-state index < -0.39 is 6.04 Å². The van der Waals surface area contributed by atoms with E-state index in [1.165, 1.54) is 4.90 Å². The normalized spacial score (nSPS) is 12.7. The first kappa shape index (κ1) is 23.5. The molecule has 0 aliphatic heterocycles. The third-order valence-electron chi connectivity index (χ3n) is 4.64. The van der Waals surface area contributed by atoms with E-state index >= 15 is 0 Å². The molecule has 0 heterocycles. The lowest BCUT2D eigenvalue weighted by Gasteiger charge is -2.30. The highest BCUT2D eigenvalue weighted by Crippen LogP contribution is 2.19. The molecule has 0 spiro atoms. The summed E-state index contributed by atoms with van der Waals surface area (Å²) in [6.07, 6.45) is 0.812. The monoisotopic (exact) mass is 528 g/mol. The summed E-state index contributed by atoms with van der Waals surface area (Å²) in [6, 6.07) is 14.1. The average Bonchev–Trinajstić information content (AvgIpc) is 2.71. The van der Waals surface area contributed by atoms with Crippen LogP contribution in [0.4, 0.5) is 0 Å². The van der Waals surface area contributed by atoms with Crippen molar-refractivity contribution in [3.05, 3.63) is 62.7 Å². The van der Waals surface area contributed by atoms with Gasteiger partial charge in [0.05, 0.1) is 0 Å². The van der Waals surface area contributed by atoms with E-state index in [4.69, 9.17) is 16.3 Å². The van der Waals surface area contributed by atoms with E-state index in [9.17, 15) is 9.59 Å². The van der Waals surface area contributed by atoms with E-state index in [1.807, 2.05) is 56.3 Å². The fourth-order valence-electron chi connectivity index (χ4n) is 2.62. The van der Waals surface area contributed by atoms with Crippen LogP contribution in [0.5, 0.6) is 5.75 Å². The maximum atomic E-state index is 13.0. The number of nitrogens with one attached hydrogen (secondary N) is 1. The molecule has 2 rings (SSSR count). The zero-order chi connectivity index (χ0) is 21.4. The number of carbonyl (C=O) groups is 2. The van der Waals surface area contributed by atoms with Gasteiger partial charge in [0.15, 0.2) is 6.61 Å². The van der Waals surface area contributed by atoms with Crippen LogP contribution in [0.15, 0.2) is 48.5 Å². The standard InChI is InChI=1S/C22H26ClIN2O3/c1-4-15(2)25-22(28)16(3)26(13-17-7-5-6-8-20(17)23)21(27)14-29-19-11-9-18(24)10-12-19/h5-12,15-16H,4,13-14H2,1-3H3,(H,25,28)/t15-,16+/m1/s1. The Labute approximate surface area is 190 Å². The van der Waals surface area contributed by atoms with Gasteiger partial charge in [0.25, 0.3) is 5.91 Å². The van der Waals surface area contributed by atoms with Crippen LogP contribution in [0, 0.1) is 3.57 Å². The SMILES string of the molecule is CC[C@@H](C)NC(=O)[C@H](C)N(Cc1ccccc1Cl)C(=O)COc1ccc(I)cc1. The van der Waals surface area contributed by atoms with Crippen molar-refractivity contribution in [2.24, 2.45) is 0 Å². The molecule has 0 bridgehead atoms. The Balaban J connectivity index is 2.15. The van der Waals surface area contributed by atoms with E-state index in [2.05, 4.69) is 27.9 Å². The molecule has 0 aliphatic rings. The zero-order valence-corrected chi connectivity index (χ0v) is 19.7. The molecule has 0 aromatic heterocycles. The lowest BCUT2D eigenvalue weighted by Crippen LogP contribution is -2.50. The minimum absolute atomic E-state index is 0.0326. The predicted octanol–water partition coefficient (Wildman–Crippen LogP) is 4.66. The number of hydrogen-bond acceptors (Lipinski definition) is 3. The van der Waals surface area contributed by atoms with Crippen molar-refractivity contribution in [1.29, 1.82) is 0 Å². The Morgan fingerprint density at radius 3 is 2.41 bits per heavy atom. The van der Waals surface area contributed by atoms with Gasteiger partial charge in [-0.05, 0) is 78.8 Å². The van der Waals surface area contributed by atoms with Gasteiger partial charge in [-0.1, -0.05) is 36.7 Å². The van der Waals surface area contributed by atoms with Gasteiger partial charge in [0, 0.05) is 21.2 Å². The second-order valence-electron chi connectivity index (χ2n) is 6.85. The third kappa shape index (κ3) is 7.19. The Morgan fingerprint density at radius 1 is 1.14 bits per heavy atom. The first-order chi connectivity index (χ1) is 13.8. The van der Waals surface area contributed by atoms with Crippen LogP contribution in [-0.2, 0) is 16.1 Å². The maximum Gasteiger partial charge on any atom is 0.261 e. The Morgan fingerprint density at radius 2 is 1.79 bits per heavy atom. The lowest BCUT2D eigenvalue weighted by molar-refractivity contribution is -0.142. The van der Waals surface area contributed by atoms with Crippen molar-refractivity contribution in [2.45, 2.75) is 45.8 Å². The molecule has 1 N–H and O–H groups in total. The van der Waals surface area contributed by atoms with Crippen molar-refractivity contribution >= 4 is 46.0 Å². The summed E-state index contributed by atoms with van der Waals surface area (Å²) in [5, 5.41) is 3.49. The predicted molar refractivity (Wildman–Crippen MR) is 124 cm³/mol. The highest BCUT2D eigenvalue weighted by molar-refractivity contribution is 14.1. The highest BCUT2D eigenvalue weighted by Gasteiger charge is 2.27. The van der Waals surface area contributed by atoms with Crippen LogP contribution in [0.3, 0.4) is 0 Å². The molecule has 0 saturated carbocycles. The average molecular weight is 529 g/mol. The molecule has 0 aliphatic carbocycles. The lowest BCUT2D eigenvalue weighted by atomic mass is 10.1. The van der Waals surface area contributed by atoms with Crippen molar-refractivity contribution in [2.75, 3.05) is 6.61 Å². The molecule has 0 unspecified atom stereocenters. The molecule has 2 amide bonds. The second kappa shape index (κ2) is 11.4. The Kier molecular flexibility index (Phi) is 9.23. The molecule has 0 fully saturated rings. The van der Waals surface area contributed by atoms with Gasteiger partial charge >= 0.3 is 0 Å². The van der Waals surface area contributed by atoms with Gasteiger partial charge in [-0.3, -0.25) is 9.59 Å². The van der Waals surface area contributed by atoms with Gasteiger partial charge < -0.3 is 15.0 Å². The molecule has 7 heteroatoms. The van der Waals surface area contributed by atoms with Crippen molar-refractivity contribution in [1.82, 2.24) is 10.2 Å². The largest absolute Gasteiger partial charge is 0.484 e. The van der Waals surface area contributed by atoms with Gasteiger partial charge in [-0.15, -0.1) is 0 Å². The minimum Gasteiger partial charge on any atom is -0.484 e. The van der Waals surface area contributed by atoms with E-state index in [-0.39, 0.29) is 31.0 Å². The number of hydrogen-bond donors (Lipinski definition) is 1. The molecule has 2 atom stereocenters. The molecular weight excluding hydrogens is 503 g/mol. The second-order valence-corrected chi connectivity index (χ2v) is 8.50. The first-order valence-electron chi connectivity index (χ1n) is 9.53. The summed E-state index contributed by atoms with van der Waals surface area (Å²) >= 11 is 8.49. The van der Waals surface area contributed by atoms with Crippen LogP contribution in [0.25, 0.3) is 0 Å². The van der Waals surface area contributed by atoms with Crippen molar-refractivity contribution in [3.63, 3.8) is 0 Å². The van der Waals surface area contributed by atoms with Crippen LogP contribution in [0.1, 0.15) is 32.8 Å². The molecule has 2 aromatic carbocycles. The van der Waals surface area contributed by atoms with Gasteiger partial charge in [0.1, 0.15) is 11.8 Å². The molecule has 156 valence electrons. The van der Waals surface area contributed by atoms with Gasteiger partial charge in [0.2, 0.25) is 5.91 Å². The van der Waals surface area contributed by atoms with Crippen LogP contribution >= 0.6 is 34.2 Å². The first-order valence-corrected chi connectivity index (χ1v) is 11.0. The summed E-state index contributed by atoms with van der Waals surface area (Å²) in [5.74, 6) is 0.123. The molecule has 5 nitrogen and oxygen atoms in total. The number of amides is 2. The molecule has 29 heavy (non-hydrogen) atoms. The summed E-state index contributed by atoms with van der Waals surface area (Å²) in [6.45, 7) is 5.72. The Bertz CT molecular complexity index is 829. The Hall–Kier alpha value is -1.80. The summed E-state index contributed by atoms with van der Waals surface area (Å²) in [4.78, 5) is 27.1. The van der Waals surface area contributed by atoms with Crippen LogP contribution in [-0.4, -0.2) is 35.4 Å². The van der Waals surface area contributed by atoms with Gasteiger partial charge in [-0.25, -0.2) is 0 Å². The number of nitrogens with zero attached hydrogens (tertiary/aromatic N) is 1. The number of rotatable bonds is 9. The smallest absolute Gasteiger partial charge is 0.261 e. The van der Waals surface area contributed by atoms with Crippen LogP contribution in [0.2, 0.25) is 5.02 Å². The van der Waals surface area contributed by atoms with Crippen LogP contribution < -0.4 is 10.1 Å². The summed E-state index contributed by atoms with van der Waals surface area (Å²) in [5.41, 5.74) is 0.778. The summed E-state index contributed by atoms with van der Waals surface area (Å²) < 4.78 is 6.73. The quantitative estimate of drug-likeness (QED) is 0.482. The topological polar surface area (TPSA) is 58.6 Å². The van der Waals surface area contributed by atoms with E-state index in [0.29, 0.717) is 10.8 Å². The summed E-state index contributed by atoms with van der Waals surface area (Å²) in [7, 11) is 0. The molecule has 0 radical (unpaired) electrons. The number of benzene rings is 2. The zero-order valence-electron chi connectivity index (χ0n) is 16.8. The molecule has 2 aromatic rings.